The van der Waals surface area contributed by atoms with Crippen LogP contribution in [-0.2, 0) is 6.42 Å². The molecule has 0 spiro atoms. The molecule has 0 aromatic heterocycles. The van der Waals surface area contributed by atoms with Crippen molar-refractivity contribution >= 4 is 15.9 Å². The molecule has 4 heteroatoms. The Bertz CT molecular complexity index is 560. The molecule has 0 heterocycles. The number of rotatable bonds is 4. The van der Waals surface area contributed by atoms with Crippen molar-refractivity contribution < 1.29 is 8.78 Å². The van der Waals surface area contributed by atoms with Gasteiger partial charge in [-0.25, -0.2) is 8.78 Å². The number of likely N-dealkylation sites (N-methyl/N-ethyl adjacent to an activating group) is 1. The van der Waals surface area contributed by atoms with Crippen LogP contribution in [0.3, 0.4) is 0 Å². The monoisotopic (exact) mass is 355 g/mol. The molecule has 2 bridgehead atoms. The minimum Gasteiger partial charge on any atom is -0.316 e. The summed E-state index contributed by atoms with van der Waals surface area (Å²) in [4.78, 5) is 0. The van der Waals surface area contributed by atoms with Crippen LogP contribution < -0.4 is 5.32 Å². The van der Waals surface area contributed by atoms with Gasteiger partial charge in [0.2, 0.25) is 0 Å². The third kappa shape index (κ3) is 2.09. The molecule has 0 amide bonds. The maximum absolute atomic E-state index is 14.2. The van der Waals surface area contributed by atoms with Crippen molar-refractivity contribution in [2.75, 3.05) is 7.05 Å². The lowest BCUT2D eigenvalue weighted by molar-refractivity contribution is 0.370. The van der Waals surface area contributed by atoms with Crippen LogP contribution >= 0.6 is 15.9 Å². The van der Waals surface area contributed by atoms with Gasteiger partial charge in [-0.05, 0) is 90.4 Å². The SMILES string of the molecule is CNC(Cc1c(F)ccc(Br)c1F)C1C2C3CCC(C3)C21. The van der Waals surface area contributed by atoms with E-state index in [2.05, 4.69) is 21.2 Å². The zero-order chi connectivity index (χ0) is 14.7. The summed E-state index contributed by atoms with van der Waals surface area (Å²) in [5, 5.41) is 3.34. The van der Waals surface area contributed by atoms with Gasteiger partial charge >= 0.3 is 0 Å². The lowest BCUT2D eigenvalue weighted by Gasteiger charge is -2.21. The third-order valence-corrected chi connectivity index (χ3v) is 6.81. The third-order valence-electron chi connectivity index (χ3n) is 6.19. The van der Waals surface area contributed by atoms with Gasteiger partial charge in [0, 0.05) is 11.6 Å². The largest absolute Gasteiger partial charge is 0.316 e. The minimum atomic E-state index is -0.441. The first-order chi connectivity index (χ1) is 10.1. The van der Waals surface area contributed by atoms with Gasteiger partial charge in [0.05, 0.1) is 4.47 Å². The van der Waals surface area contributed by atoms with Gasteiger partial charge in [-0.15, -0.1) is 0 Å². The summed E-state index contributed by atoms with van der Waals surface area (Å²) in [5.41, 5.74) is 0.223. The van der Waals surface area contributed by atoms with E-state index in [1.807, 2.05) is 7.05 Å². The molecule has 1 N–H and O–H groups in total. The summed E-state index contributed by atoms with van der Waals surface area (Å²) in [5.74, 6) is 3.17. The molecule has 21 heavy (non-hydrogen) atoms. The van der Waals surface area contributed by atoms with E-state index in [0.29, 0.717) is 16.8 Å². The molecule has 3 saturated carbocycles. The molecule has 1 nitrogen and oxygen atoms in total. The van der Waals surface area contributed by atoms with Gasteiger partial charge in [0.15, 0.2) is 0 Å². The molecule has 3 fully saturated rings. The van der Waals surface area contributed by atoms with Gasteiger partial charge < -0.3 is 5.32 Å². The van der Waals surface area contributed by atoms with Gasteiger partial charge in [0.25, 0.3) is 0 Å². The first kappa shape index (κ1) is 14.1. The van der Waals surface area contributed by atoms with Crippen molar-refractivity contribution in [1.29, 1.82) is 0 Å². The average Bonchev–Trinajstić information content (AvgIpc) is 2.90. The number of nitrogens with one attached hydrogen (secondary N) is 1. The number of halogens is 3. The Morgan fingerprint density at radius 1 is 1.24 bits per heavy atom. The topological polar surface area (TPSA) is 12.0 Å². The second kappa shape index (κ2) is 5.02. The number of fused-ring (bicyclic) bond motifs is 5. The highest BCUT2D eigenvalue weighted by molar-refractivity contribution is 9.10. The van der Waals surface area contributed by atoms with Crippen molar-refractivity contribution in [1.82, 2.24) is 5.32 Å². The minimum absolute atomic E-state index is 0.196. The lowest BCUT2D eigenvalue weighted by atomic mass is 9.93. The van der Waals surface area contributed by atoms with Crippen molar-refractivity contribution in [3.05, 3.63) is 33.8 Å². The van der Waals surface area contributed by atoms with E-state index in [-0.39, 0.29) is 11.6 Å². The fourth-order valence-electron chi connectivity index (χ4n) is 5.34. The Hall–Kier alpha value is -0.480. The Morgan fingerprint density at radius 3 is 2.52 bits per heavy atom. The zero-order valence-corrected chi connectivity index (χ0v) is 13.7. The van der Waals surface area contributed by atoms with E-state index < -0.39 is 11.6 Å². The quantitative estimate of drug-likeness (QED) is 0.800. The van der Waals surface area contributed by atoms with Crippen LogP contribution in [-0.4, -0.2) is 13.1 Å². The van der Waals surface area contributed by atoms with Crippen molar-refractivity contribution in [3.63, 3.8) is 0 Å². The molecule has 1 aromatic carbocycles. The highest BCUT2D eigenvalue weighted by Gasteiger charge is 2.66. The summed E-state index contributed by atoms with van der Waals surface area (Å²) in [7, 11) is 1.93. The fraction of sp³-hybridized carbons (Fsp3) is 0.647. The second-order valence-corrected chi connectivity index (χ2v) is 7.84. The molecule has 4 rings (SSSR count). The summed E-state index contributed by atoms with van der Waals surface area (Å²) in [6.45, 7) is 0. The van der Waals surface area contributed by atoms with E-state index in [1.165, 1.54) is 31.4 Å². The van der Waals surface area contributed by atoms with Crippen LogP contribution in [0.15, 0.2) is 16.6 Å². The summed E-state index contributed by atoms with van der Waals surface area (Å²) < 4.78 is 28.5. The highest BCUT2D eigenvalue weighted by Crippen LogP contribution is 2.70. The highest BCUT2D eigenvalue weighted by atomic mass is 79.9. The van der Waals surface area contributed by atoms with Crippen LogP contribution in [0.25, 0.3) is 0 Å². The number of hydrogen-bond donors (Lipinski definition) is 1. The standard InChI is InChI=1S/C17H20BrF2N/c1-21-13(7-10-12(19)5-4-11(18)17(10)20)16-14-8-2-3-9(6-8)15(14)16/h4-5,8-9,13-16,21H,2-3,6-7H2,1H3. The smallest absolute Gasteiger partial charge is 0.143 e. The van der Waals surface area contributed by atoms with Gasteiger partial charge in [0.1, 0.15) is 11.6 Å². The molecule has 5 atom stereocenters. The predicted molar refractivity (Wildman–Crippen MR) is 81.9 cm³/mol. The zero-order valence-electron chi connectivity index (χ0n) is 12.1. The normalized spacial score (nSPS) is 37.6. The molecular formula is C17H20BrF2N. The summed E-state index contributed by atoms with van der Waals surface area (Å²) >= 11 is 3.16. The molecular weight excluding hydrogens is 336 g/mol. The van der Waals surface area contributed by atoms with Crippen LogP contribution in [0.5, 0.6) is 0 Å². The molecule has 5 unspecified atom stereocenters. The first-order valence-electron chi connectivity index (χ1n) is 7.91. The van der Waals surface area contributed by atoms with Gasteiger partial charge in [-0.3, -0.25) is 0 Å². The maximum atomic E-state index is 14.2. The average molecular weight is 356 g/mol. The van der Waals surface area contributed by atoms with Crippen LogP contribution in [0.1, 0.15) is 24.8 Å². The molecule has 114 valence electrons. The maximum Gasteiger partial charge on any atom is 0.143 e. The number of hydrogen-bond acceptors (Lipinski definition) is 1. The number of benzene rings is 1. The first-order valence-corrected chi connectivity index (χ1v) is 8.70. The molecule has 0 radical (unpaired) electrons. The Labute approximate surface area is 132 Å². The van der Waals surface area contributed by atoms with Crippen LogP contribution in [0.4, 0.5) is 8.78 Å². The molecule has 0 saturated heterocycles. The van der Waals surface area contributed by atoms with Gasteiger partial charge in [-0.1, -0.05) is 0 Å². The van der Waals surface area contributed by atoms with E-state index in [4.69, 9.17) is 0 Å². The van der Waals surface area contributed by atoms with Crippen LogP contribution in [0.2, 0.25) is 0 Å². The predicted octanol–water partition coefficient (Wildman–Crippen LogP) is 4.15. The van der Waals surface area contributed by atoms with Crippen molar-refractivity contribution in [2.45, 2.75) is 31.7 Å². The second-order valence-electron chi connectivity index (χ2n) is 6.99. The summed E-state index contributed by atoms with van der Waals surface area (Å²) in [6.07, 6.45) is 4.60. The lowest BCUT2D eigenvalue weighted by Crippen LogP contribution is -2.33. The van der Waals surface area contributed by atoms with E-state index in [0.717, 1.165) is 23.7 Å². The summed E-state index contributed by atoms with van der Waals surface area (Å²) in [6, 6.07) is 2.99. The molecule has 3 aliphatic carbocycles. The van der Waals surface area contributed by atoms with E-state index in [1.54, 1.807) is 0 Å². The molecule has 0 aliphatic heterocycles. The Morgan fingerprint density at radius 2 is 1.90 bits per heavy atom. The van der Waals surface area contributed by atoms with E-state index >= 15 is 0 Å². The fourth-order valence-corrected chi connectivity index (χ4v) is 5.71. The Kier molecular flexibility index (Phi) is 3.38. The van der Waals surface area contributed by atoms with Crippen molar-refractivity contribution in [2.24, 2.45) is 29.6 Å². The molecule has 3 aliphatic rings. The van der Waals surface area contributed by atoms with Gasteiger partial charge in [-0.2, -0.15) is 0 Å². The Balaban J connectivity index is 1.55. The van der Waals surface area contributed by atoms with E-state index in [9.17, 15) is 8.78 Å². The molecule has 1 aromatic rings. The van der Waals surface area contributed by atoms with Crippen molar-refractivity contribution in [3.8, 4) is 0 Å². The van der Waals surface area contributed by atoms with Crippen LogP contribution in [0, 0.1) is 41.2 Å².